The van der Waals surface area contributed by atoms with Gasteiger partial charge in [-0.3, -0.25) is 19.7 Å². The highest BCUT2D eigenvalue weighted by molar-refractivity contribution is 6.09. The van der Waals surface area contributed by atoms with Crippen LogP contribution in [0.2, 0.25) is 0 Å². The Morgan fingerprint density at radius 2 is 1.65 bits per heavy atom. The van der Waals surface area contributed by atoms with Crippen LogP contribution in [0.4, 0.5) is 35.9 Å². The lowest BCUT2D eigenvalue weighted by Gasteiger charge is -2.21. The molecule has 1 heterocycles. The normalized spacial score (nSPS) is 13.0. The van der Waals surface area contributed by atoms with Crippen molar-refractivity contribution in [3.8, 4) is 0 Å². The number of carbonyl (C=O) groups is 2. The van der Waals surface area contributed by atoms with Crippen LogP contribution in [-0.2, 0) is 10.9 Å². The molecule has 4 rings (SSSR count). The molecule has 1 aliphatic rings. The van der Waals surface area contributed by atoms with Gasteiger partial charge < -0.3 is 30.5 Å². The van der Waals surface area contributed by atoms with Gasteiger partial charge in [0.25, 0.3) is 11.8 Å². The Morgan fingerprint density at radius 1 is 0.957 bits per heavy atom. The fraction of sp³-hybridized carbons (Fsp3) is 0.375. The summed E-state index contributed by atoms with van der Waals surface area (Å²) < 4.78 is 44.1. The number of hydrogen-bond donors (Lipinski definition) is 3. The highest BCUT2D eigenvalue weighted by Gasteiger charge is 2.31. The van der Waals surface area contributed by atoms with E-state index in [-0.39, 0.29) is 28.2 Å². The minimum Gasteiger partial charge on any atom is -0.379 e. The Hall–Kier alpha value is -4.53. The molecule has 2 amide bonds. The van der Waals surface area contributed by atoms with Gasteiger partial charge in [-0.2, -0.15) is 13.2 Å². The number of ether oxygens (including phenoxy) is 1. The number of nitro benzene ring substituents is 1. The molecule has 0 radical (unpaired) electrons. The second-order valence-electron chi connectivity index (χ2n) is 10.9. The number of nitro groups is 1. The van der Waals surface area contributed by atoms with E-state index in [0.717, 1.165) is 57.5 Å². The van der Waals surface area contributed by atoms with Gasteiger partial charge in [-0.1, -0.05) is 18.2 Å². The van der Waals surface area contributed by atoms with Crippen LogP contribution in [0, 0.1) is 17.0 Å². The molecule has 248 valence electrons. The molecule has 1 aliphatic heterocycles. The van der Waals surface area contributed by atoms with Crippen LogP contribution in [0.25, 0.3) is 0 Å². The summed E-state index contributed by atoms with van der Waals surface area (Å²) in [5, 5.41) is 20.4. The van der Waals surface area contributed by atoms with E-state index in [1.165, 1.54) is 24.3 Å². The van der Waals surface area contributed by atoms with E-state index in [0.29, 0.717) is 17.8 Å². The number of para-hydroxylation sites is 1. The van der Waals surface area contributed by atoms with Crippen molar-refractivity contribution in [2.45, 2.75) is 19.5 Å². The molecule has 46 heavy (non-hydrogen) atoms. The van der Waals surface area contributed by atoms with E-state index in [9.17, 15) is 32.9 Å². The van der Waals surface area contributed by atoms with Gasteiger partial charge >= 0.3 is 11.9 Å². The first-order chi connectivity index (χ1) is 21.8. The van der Waals surface area contributed by atoms with Gasteiger partial charge in [-0.05, 0) is 82.0 Å². The number of amides is 2. The van der Waals surface area contributed by atoms with Crippen molar-refractivity contribution in [1.29, 1.82) is 0 Å². The van der Waals surface area contributed by atoms with Crippen molar-refractivity contribution in [2.75, 3.05) is 76.1 Å². The van der Waals surface area contributed by atoms with E-state index in [2.05, 4.69) is 16.0 Å². The molecule has 3 aromatic carbocycles. The number of nitrogens with one attached hydrogen (secondary N) is 3. The third-order valence-electron chi connectivity index (χ3n) is 6.99. The van der Waals surface area contributed by atoms with Gasteiger partial charge in [0.15, 0.2) is 0 Å². The summed E-state index contributed by atoms with van der Waals surface area (Å²) in [6.07, 6.45) is -3.84. The Labute approximate surface area is 265 Å². The monoisotopic (exact) mass is 644 g/mol. The fourth-order valence-corrected chi connectivity index (χ4v) is 4.54. The first kappa shape index (κ1) is 35.9. The summed E-state index contributed by atoms with van der Waals surface area (Å²) >= 11 is 0. The predicted molar refractivity (Wildman–Crippen MR) is 172 cm³/mol. The zero-order chi connectivity index (χ0) is 33.9. The number of nitrogens with zero attached hydrogens (tertiary/aromatic N) is 3. The molecule has 1 saturated heterocycles. The van der Waals surface area contributed by atoms with E-state index < -0.39 is 28.5 Å². The number of rotatable bonds is 10. The topological polar surface area (TPSA) is 129 Å². The molecular formula is C32H39F3N6O5. The molecule has 11 nitrogen and oxygen atoms in total. The highest BCUT2D eigenvalue weighted by Crippen LogP contribution is 2.33. The maximum absolute atomic E-state index is 13.2. The largest absolute Gasteiger partial charge is 0.416 e. The van der Waals surface area contributed by atoms with Crippen molar-refractivity contribution in [1.82, 2.24) is 10.2 Å². The number of halogens is 3. The molecule has 14 heteroatoms. The van der Waals surface area contributed by atoms with E-state index in [1.807, 2.05) is 19.0 Å². The maximum atomic E-state index is 13.2. The van der Waals surface area contributed by atoms with Crippen LogP contribution in [0.3, 0.4) is 0 Å². The molecular weight excluding hydrogens is 605 g/mol. The summed E-state index contributed by atoms with van der Waals surface area (Å²) in [4.78, 5) is 41.0. The number of aryl methyl sites for hydroxylation is 1. The van der Waals surface area contributed by atoms with Gasteiger partial charge in [0.2, 0.25) is 0 Å². The van der Waals surface area contributed by atoms with Gasteiger partial charge in [0.05, 0.1) is 23.7 Å². The number of benzene rings is 3. The molecule has 0 aromatic heterocycles. The lowest BCUT2D eigenvalue weighted by Crippen LogP contribution is -2.30. The van der Waals surface area contributed by atoms with Crippen LogP contribution in [-0.4, -0.2) is 82.2 Å². The van der Waals surface area contributed by atoms with Crippen LogP contribution in [0.15, 0.2) is 60.7 Å². The van der Waals surface area contributed by atoms with Crippen LogP contribution in [0.1, 0.15) is 38.3 Å². The molecule has 0 atom stereocenters. The molecule has 0 unspecified atom stereocenters. The SMILES string of the molecule is C1COCCN1.Cc1ccc(NC(=O)c2cccc(C(F)(F)F)c2)cc1NC(=O)c1cccc(N(C)CCCN(C)C)c1[N+](=O)[O-]. The Kier molecular flexibility index (Phi) is 13.0. The van der Waals surface area contributed by atoms with Gasteiger partial charge in [-0.15, -0.1) is 0 Å². The quantitative estimate of drug-likeness (QED) is 0.197. The number of hydrogen-bond acceptors (Lipinski definition) is 8. The van der Waals surface area contributed by atoms with Gasteiger partial charge in [0.1, 0.15) is 11.3 Å². The van der Waals surface area contributed by atoms with Gasteiger partial charge in [-0.25, -0.2) is 0 Å². The third kappa shape index (κ3) is 10.5. The minimum absolute atomic E-state index is 0.139. The van der Waals surface area contributed by atoms with Crippen LogP contribution >= 0.6 is 0 Å². The predicted octanol–water partition coefficient (Wildman–Crippen LogP) is 5.42. The van der Waals surface area contributed by atoms with Crippen molar-refractivity contribution >= 4 is 34.6 Å². The third-order valence-corrected chi connectivity index (χ3v) is 6.99. The fourth-order valence-electron chi connectivity index (χ4n) is 4.54. The minimum atomic E-state index is -4.60. The molecule has 0 saturated carbocycles. The van der Waals surface area contributed by atoms with Crippen molar-refractivity contribution in [3.63, 3.8) is 0 Å². The molecule has 3 aromatic rings. The average Bonchev–Trinajstić information content (AvgIpc) is 3.02. The highest BCUT2D eigenvalue weighted by atomic mass is 19.4. The Bertz CT molecular complexity index is 1500. The molecule has 1 fully saturated rings. The lowest BCUT2D eigenvalue weighted by atomic mass is 10.1. The molecule has 0 aliphatic carbocycles. The number of morpholine rings is 1. The van der Waals surface area contributed by atoms with E-state index in [1.54, 1.807) is 37.1 Å². The number of anilines is 3. The number of carbonyl (C=O) groups excluding carboxylic acids is 2. The smallest absolute Gasteiger partial charge is 0.379 e. The van der Waals surface area contributed by atoms with E-state index >= 15 is 0 Å². The zero-order valence-electron chi connectivity index (χ0n) is 26.2. The molecule has 0 bridgehead atoms. The van der Waals surface area contributed by atoms with Gasteiger partial charge in [0, 0.05) is 43.6 Å². The van der Waals surface area contributed by atoms with Crippen molar-refractivity contribution in [2.24, 2.45) is 0 Å². The first-order valence-corrected chi connectivity index (χ1v) is 14.6. The van der Waals surface area contributed by atoms with Crippen LogP contribution in [0.5, 0.6) is 0 Å². The summed E-state index contributed by atoms with van der Waals surface area (Å²) in [6.45, 7) is 6.85. The summed E-state index contributed by atoms with van der Waals surface area (Å²) in [6, 6.07) is 13.1. The molecule has 0 spiro atoms. The summed E-state index contributed by atoms with van der Waals surface area (Å²) in [5.41, 5.74) is -0.232. The van der Waals surface area contributed by atoms with Crippen molar-refractivity contribution < 1.29 is 32.4 Å². The first-order valence-electron chi connectivity index (χ1n) is 14.6. The number of alkyl halides is 3. The second kappa shape index (κ2) is 16.7. The molecule has 3 N–H and O–H groups in total. The van der Waals surface area contributed by atoms with Crippen LogP contribution < -0.4 is 20.9 Å². The van der Waals surface area contributed by atoms with Crippen molar-refractivity contribution in [3.05, 3.63) is 93.0 Å². The van der Waals surface area contributed by atoms with E-state index in [4.69, 9.17) is 4.74 Å². The Balaban J connectivity index is 0.000000858. The second-order valence-corrected chi connectivity index (χ2v) is 10.9. The summed E-state index contributed by atoms with van der Waals surface area (Å²) in [5.74, 6) is -1.49. The zero-order valence-corrected chi connectivity index (χ0v) is 26.2. The summed E-state index contributed by atoms with van der Waals surface area (Å²) in [7, 11) is 5.59. The average molecular weight is 645 g/mol. The maximum Gasteiger partial charge on any atom is 0.416 e. The Morgan fingerprint density at radius 3 is 2.24 bits per heavy atom. The lowest BCUT2D eigenvalue weighted by molar-refractivity contribution is -0.384. The standard InChI is InChI=1S/C28H30F3N5O4.C4H9NO/c1-18-12-13-21(32-26(37)19-8-5-9-20(16-19)28(29,30)31)17-23(18)33-27(38)22-10-6-11-24(25(22)36(39)40)35(4)15-7-14-34(2)3;1-3-6-4-2-5-1/h5-6,8-13,16-17H,7,14-15H2,1-4H3,(H,32,37)(H,33,38);5H,1-4H2.